The van der Waals surface area contributed by atoms with Crippen molar-refractivity contribution in [3.05, 3.63) is 41.5 Å². The van der Waals surface area contributed by atoms with Gasteiger partial charge in [0.1, 0.15) is 5.75 Å². The standard InChI is InChI=1S/C13H12F3NO2/c14-13(15,16)10-2-1-3-11(8-10)19-12(18)9-4-6-17-7-5-9/h1-4,8,17H,5-7H2. The van der Waals surface area contributed by atoms with Crippen LogP contribution in [0, 0.1) is 0 Å². The average molecular weight is 271 g/mol. The Kier molecular flexibility index (Phi) is 3.90. The number of carbonyl (C=O) groups is 1. The van der Waals surface area contributed by atoms with Crippen molar-refractivity contribution in [2.75, 3.05) is 13.1 Å². The van der Waals surface area contributed by atoms with Gasteiger partial charge in [0.05, 0.1) is 5.56 Å². The molecule has 3 nitrogen and oxygen atoms in total. The molecule has 0 spiro atoms. The van der Waals surface area contributed by atoms with Gasteiger partial charge in [-0.25, -0.2) is 4.79 Å². The summed E-state index contributed by atoms with van der Waals surface area (Å²) in [4.78, 5) is 11.7. The van der Waals surface area contributed by atoms with Crippen LogP contribution >= 0.6 is 0 Å². The van der Waals surface area contributed by atoms with Gasteiger partial charge in [0.2, 0.25) is 0 Å². The number of alkyl halides is 3. The van der Waals surface area contributed by atoms with Crippen molar-refractivity contribution in [1.82, 2.24) is 5.32 Å². The lowest BCUT2D eigenvalue weighted by atomic mass is 10.1. The molecule has 0 saturated heterocycles. The lowest BCUT2D eigenvalue weighted by Gasteiger charge is -2.13. The van der Waals surface area contributed by atoms with Gasteiger partial charge in [0.25, 0.3) is 0 Å². The number of benzene rings is 1. The highest BCUT2D eigenvalue weighted by Gasteiger charge is 2.30. The van der Waals surface area contributed by atoms with E-state index >= 15 is 0 Å². The first kappa shape index (κ1) is 13.6. The van der Waals surface area contributed by atoms with Crippen molar-refractivity contribution in [3.63, 3.8) is 0 Å². The molecule has 19 heavy (non-hydrogen) atoms. The second kappa shape index (κ2) is 5.44. The Balaban J connectivity index is 2.11. The van der Waals surface area contributed by atoms with E-state index in [0.29, 0.717) is 25.1 Å². The summed E-state index contributed by atoms with van der Waals surface area (Å²) in [5.74, 6) is -0.694. The fourth-order valence-corrected chi connectivity index (χ4v) is 1.72. The molecule has 0 atom stereocenters. The maximum absolute atomic E-state index is 12.5. The molecule has 1 aromatic rings. The smallest absolute Gasteiger partial charge is 0.416 e. The number of hydrogen-bond acceptors (Lipinski definition) is 3. The summed E-state index contributed by atoms with van der Waals surface area (Å²) in [5.41, 5.74) is -0.353. The van der Waals surface area contributed by atoms with Crippen LogP contribution < -0.4 is 10.1 Å². The van der Waals surface area contributed by atoms with E-state index in [-0.39, 0.29) is 5.75 Å². The third-order valence-electron chi connectivity index (χ3n) is 2.70. The Hall–Kier alpha value is -1.82. The van der Waals surface area contributed by atoms with Crippen LogP contribution in [-0.2, 0) is 11.0 Å². The second-order valence-corrected chi connectivity index (χ2v) is 4.10. The number of halogens is 3. The molecule has 6 heteroatoms. The Labute approximate surface area is 108 Å². The minimum Gasteiger partial charge on any atom is -0.423 e. The van der Waals surface area contributed by atoms with Crippen molar-refractivity contribution in [2.45, 2.75) is 12.6 Å². The molecule has 0 fully saturated rings. The molecule has 1 heterocycles. The van der Waals surface area contributed by atoms with Gasteiger partial charge in [-0.3, -0.25) is 0 Å². The van der Waals surface area contributed by atoms with Gasteiger partial charge in [-0.2, -0.15) is 13.2 Å². The van der Waals surface area contributed by atoms with Crippen molar-refractivity contribution < 1.29 is 22.7 Å². The van der Waals surface area contributed by atoms with E-state index in [1.54, 1.807) is 6.08 Å². The first-order valence-electron chi connectivity index (χ1n) is 5.76. The normalized spacial score (nSPS) is 15.8. The zero-order chi connectivity index (χ0) is 13.9. The highest BCUT2D eigenvalue weighted by molar-refractivity contribution is 5.90. The Morgan fingerprint density at radius 3 is 2.74 bits per heavy atom. The van der Waals surface area contributed by atoms with E-state index in [9.17, 15) is 18.0 Å². The summed E-state index contributed by atoms with van der Waals surface area (Å²) in [6, 6.07) is 4.29. The molecule has 0 unspecified atom stereocenters. The van der Waals surface area contributed by atoms with Crippen molar-refractivity contribution in [2.24, 2.45) is 0 Å². The topological polar surface area (TPSA) is 38.3 Å². The summed E-state index contributed by atoms with van der Waals surface area (Å²) in [6.45, 7) is 1.22. The quantitative estimate of drug-likeness (QED) is 0.663. The van der Waals surface area contributed by atoms with Gasteiger partial charge in [-0.1, -0.05) is 12.1 Å². The largest absolute Gasteiger partial charge is 0.423 e. The van der Waals surface area contributed by atoms with Gasteiger partial charge < -0.3 is 10.1 Å². The highest BCUT2D eigenvalue weighted by atomic mass is 19.4. The number of ether oxygens (including phenoxy) is 1. The Morgan fingerprint density at radius 1 is 1.32 bits per heavy atom. The Morgan fingerprint density at radius 2 is 2.11 bits per heavy atom. The molecule has 1 aliphatic heterocycles. The summed E-state index contributed by atoms with van der Waals surface area (Å²) >= 11 is 0. The molecule has 0 saturated carbocycles. The monoisotopic (exact) mass is 271 g/mol. The second-order valence-electron chi connectivity index (χ2n) is 4.10. The van der Waals surface area contributed by atoms with Gasteiger partial charge in [-0.15, -0.1) is 0 Å². The van der Waals surface area contributed by atoms with Crippen molar-refractivity contribution in [3.8, 4) is 5.75 Å². The molecule has 1 N–H and O–H groups in total. The van der Waals surface area contributed by atoms with Gasteiger partial charge in [0, 0.05) is 12.1 Å². The van der Waals surface area contributed by atoms with E-state index in [4.69, 9.17) is 4.74 Å². The summed E-state index contributed by atoms with van der Waals surface area (Å²) in [7, 11) is 0. The molecule has 2 rings (SSSR count). The minimum atomic E-state index is -4.45. The molecule has 0 amide bonds. The highest BCUT2D eigenvalue weighted by Crippen LogP contribution is 2.31. The maximum atomic E-state index is 12.5. The number of nitrogens with one attached hydrogen (secondary N) is 1. The third kappa shape index (κ3) is 3.57. The SMILES string of the molecule is O=C(Oc1cccc(C(F)(F)F)c1)C1=CCNCC1. The van der Waals surface area contributed by atoms with Crippen LogP contribution in [0.25, 0.3) is 0 Å². The van der Waals surface area contributed by atoms with Crippen LogP contribution in [0.5, 0.6) is 5.75 Å². The Bertz CT molecular complexity index is 509. The van der Waals surface area contributed by atoms with Crippen LogP contribution in [0.4, 0.5) is 13.2 Å². The van der Waals surface area contributed by atoms with E-state index in [0.717, 1.165) is 12.1 Å². The molecular formula is C13H12F3NO2. The van der Waals surface area contributed by atoms with Gasteiger partial charge in [-0.05, 0) is 31.2 Å². The molecular weight excluding hydrogens is 259 g/mol. The zero-order valence-corrected chi connectivity index (χ0v) is 9.96. The molecule has 1 aliphatic rings. The molecule has 0 bridgehead atoms. The first-order chi connectivity index (χ1) is 8.97. The van der Waals surface area contributed by atoms with Crippen molar-refractivity contribution >= 4 is 5.97 Å². The number of esters is 1. The molecule has 0 aliphatic carbocycles. The molecule has 1 aromatic carbocycles. The van der Waals surface area contributed by atoms with Crippen molar-refractivity contribution in [1.29, 1.82) is 0 Å². The van der Waals surface area contributed by atoms with Crippen LogP contribution in [0.2, 0.25) is 0 Å². The zero-order valence-electron chi connectivity index (χ0n) is 9.96. The minimum absolute atomic E-state index is 0.0979. The van der Waals surface area contributed by atoms with E-state index in [1.165, 1.54) is 12.1 Å². The fraction of sp³-hybridized carbons (Fsp3) is 0.308. The predicted molar refractivity (Wildman–Crippen MR) is 62.6 cm³/mol. The number of rotatable bonds is 2. The van der Waals surface area contributed by atoms with Crippen LogP contribution in [-0.4, -0.2) is 19.1 Å². The fourth-order valence-electron chi connectivity index (χ4n) is 1.72. The maximum Gasteiger partial charge on any atom is 0.416 e. The lowest BCUT2D eigenvalue weighted by Crippen LogP contribution is -2.25. The first-order valence-corrected chi connectivity index (χ1v) is 5.76. The van der Waals surface area contributed by atoms with Gasteiger partial charge >= 0.3 is 12.1 Å². The predicted octanol–water partition coefficient (Wildman–Crippen LogP) is 2.53. The van der Waals surface area contributed by atoms with E-state index in [2.05, 4.69) is 5.32 Å². The van der Waals surface area contributed by atoms with E-state index < -0.39 is 17.7 Å². The molecule has 0 radical (unpaired) electrons. The summed E-state index contributed by atoms with van der Waals surface area (Å²) in [5, 5.41) is 3.03. The number of carbonyl (C=O) groups excluding carboxylic acids is 1. The van der Waals surface area contributed by atoms with Crippen LogP contribution in [0.3, 0.4) is 0 Å². The lowest BCUT2D eigenvalue weighted by molar-refractivity contribution is -0.138. The number of hydrogen-bond donors (Lipinski definition) is 1. The molecule has 102 valence electrons. The average Bonchev–Trinajstić information content (AvgIpc) is 2.39. The molecule has 0 aromatic heterocycles. The van der Waals surface area contributed by atoms with Gasteiger partial charge in [0.15, 0.2) is 0 Å². The summed E-state index contributed by atoms with van der Waals surface area (Å²) in [6.07, 6.45) is -2.26. The van der Waals surface area contributed by atoms with E-state index in [1.807, 2.05) is 0 Å². The van der Waals surface area contributed by atoms with Crippen LogP contribution in [0.15, 0.2) is 35.9 Å². The third-order valence-corrected chi connectivity index (χ3v) is 2.70. The summed E-state index contributed by atoms with van der Waals surface area (Å²) < 4.78 is 42.5. The van der Waals surface area contributed by atoms with Crippen LogP contribution in [0.1, 0.15) is 12.0 Å².